The van der Waals surface area contributed by atoms with E-state index in [2.05, 4.69) is 54.5 Å². The topological polar surface area (TPSA) is 87.0 Å². The molecule has 3 N–H and O–H groups in total. The van der Waals surface area contributed by atoms with Crippen molar-refractivity contribution >= 4 is 5.97 Å². The van der Waals surface area contributed by atoms with Crippen LogP contribution in [-0.2, 0) is 9.53 Å². The van der Waals surface area contributed by atoms with Crippen LogP contribution in [0.1, 0.15) is 100 Å². The Morgan fingerprint density at radius 1 is 1.00 bits per heavy atom. The molecule has 0 spiro atoms. The van der Waals surface area contributed by atoms with Gasteiger partial charge in [0.05, 0.1) is 24.9 Å². The Bertz CT molecular complexity index is 970. The SMILES string of the molecule is CC(=O)OC[C@@]12CC[C@@]3(C)[C@H]4C(=CC[C@]3(C)[C@@H]1[C@H](O)C[C@H]2C(C)C)[C@@]1(C)CC[C@H](O)C(C)(C)[C@@H]1C[C@@H]4O. The van der Waals surface area contributed by atoms with Gasteiger partial charge in [-0.25, -0.2) is 0 Å². The molecule has 0 aromatic heterocycles. The Kier molecular flexibility index (Phi) is 6.38. The Hall–Kier alpha value is -0.910. The van der Waals surface area contributed by atoms with Crippen LogP contribution in [0.5, 0.6) is 0 Å². The summed E-state index contributed by atoms with van der Waals surface area (Å²) < 4.78 is 5.78. The fourth-order valence-corrected chi connectivity index (χ4v) is 11.4. The third-order valence-electron chi connectivity index (χ3n) is 13.4. The summed E-state index contributed by atoms with van der Waals surface area (Å²) in [7, 11) is 0. The summed E-state index contributed by atoms with van der Waals surface area (Å²) in [5.41, 5.74) is 0.536. The van der Waals surface area contributed by atoms with Crippen LogP contribution in [0.2, 0.25) is 0 Å². The van der Waals surface area contributed by atoms with Gasteiger partial charge in [-0.3, -0.25) is 4.79 Å². The molecule has 0 aromatic carbocycles. The first-order valence-corrected chi connectivity index (χ1v) is 14.9. The Balaban J connectivity index is 1.61. The first-order chi connectivity index (χ1) is 17.1. The second kappa shape index (κ2) is 8.54. The number of fused-ring (bicyclic) bond motifs is 7. The molecule has 210 valence electrons. The number of aliphatic hydroxyl groups excluding tert-OH is 3. The van der Waals surface area contributed by atoms with E-state index < -0.39 is 12.2 Å². The monoisotopic (exact) mass is 516 g/mol. The highest BCUT2D eigenvalue weighted by Gasteiger charge is 2.72. The predicted molar refractivity (Wildman–Crippen MR) is 144 cm³/mol. The quantitative estimate of drug-likeness (QED) is 0.340. The summed E-state index contributed by atoms with van der Waals surface area (Å²) in [5.74, 6) is 0.765. The number of carbonyl (C=O) groups is 1. The molecule has 0 heterocycles. The van der Waals surface area contributed by atoms with Gasteiger partial charge in [-0.15, -0.1) is 0 Å². The highest BCUT2D eigenvalue weighted by Crippen LogP contribution is 2.76. The van der Waals surface area contributed by atoms with E-state index in [4.69, 9.17) is 4.74 Å². The number of hydrogen-bond acceptors (Lipinski definition) is 5. The lowest BCUT2D eigenvalue weighted by molar-refractivity contribution is -0.215. The highest BCUT2D eigenvalue weighted by molar-refractivity contribution is 5.66. The average molecular weight is 517 g/mol. The Labute approximate surface area is 224 Å². The van der Waals surface area contributed by atoms with Crippen molar-refractivity contribution in [2.24, 2.45) is 56.7 Å². The van der Waals surface area contributed by atoms with Gasteiger partial charge in [0.1, 0.15) is 0 Å². The van der Waals surface area contributed by atoms with Crippen LogP contribution in [0.25, 0.3) is 0 Å². The van der Waals surface area contributed by atoms with Crippen LogP contribution in [0.3, 0.4) is 0 Å². The first kappa shape index (κ1) is 27.6. The van der Waals surface area contributed by atoms with Gasteiger partial charge in [0.2, 0.25) is 0 Å². The summed E-state index contributed by atoms with van der Waals surface area (Å²) in [5, 5.41) is 34.6. The van der Waals surface area contributed by atoms with Gasteiger partial charge >= 0.3 is 5.97 Å². The van der Waals surface area contributed by atoms with Crippen molar-refractivity contribution in [2.45, 2.75) is 119 Å². The van der Waals surface area contributed by atoms with E-state index in [0.29, 0.717) is 24.9 Å². The molecule has 0 unspecified atom stereocenters. The number of aliphatic hydroxyl groups is 3. The van der Waals surface area contributed by atoms with Gasteiger partial charge in [0.15, 0.2) is 0 Å². The first-order valence-electron chi connectivity index (χ1n) is 14.9. The molecule has 11 atom stereocenters. The maximum absolute atomic E-state index is 12.0. The Morgan fingerprint density at radius 2 is 1.68 bits per heavy atom. The zero-order valence-corrected chi connectivity index (χ0v) is 24.5. The van der Waals surface area contributed by atoms with Gasteiger partial charge in [-0.1, -0.05) is 60.1 Å². The Morgan fingerprint density at radius 3 is 2.30 bits per heavy atom. The fourth-order valence-electron chi connectivity index (χ4n) is 11.4. The molecule has 5 aliphatic rings. The molecule has 0 saturated heterocycles. The molecule has 5 nitrogen and oxygen atoms in total. The molecule has 37 heavy (non-hydrogen) atoms. The van der Waals surface area contributed by atoms with Crippen LogP contribution in [0.15, 0.2) is 11.6 Å². The van der Waals surface area contributed by atoms with E-state index in [-0.39, 0.29) is 56.9 Å². The molecule has 0 radical (unpaired) electrons. The van der Waals surface area contributed by atoms with E-state index in [1.807, 2.05) is 0 Å². The maximum atomic E-state index is 12.0. The van der Waals surface area contributed by atoms with Crippen molar-refractivity contribution in [1.82, 2.24) is 0 Å². The van der Waals surface area contributed by atoms with Crippen molar-refractivity contribution in [1.29, 1.82) is 0 Å². The summed E-state index contributed by atoms with van der Waals surface area (Å²) in [6.07, 6.45) is 7.21. The van der Waals surface area contributed by atoms with E-state index in [0.717, 1.165) is 38.5 Å². The fraction of sp³-hybridized carbons (Fsp3) is 0.906. The minimum Gasteiger partial charge on any atom is -0.465 e. The molecule has 0 bridgehead atoms. The van der Waals surface area contributed by atoms with E-state index >= 15 is 0 Å². The average Bonchev–Trinajstić information content (AvgIpc) is 3.11. The van der Waals surface area contributed by atoms with Gasteiger partial charge in [-0.05, 0) is 84.4 Å². The van der Waals surface area contributed by atoms with Gasteiger partial charge in [0, 0.05) is 24.2 Å². The van der Waals surface area contributed by atoms with Crippen molar-refractivity contribution in [3.05, 3.63) is 11.6 Å². The van der Waals surface area contributed by atoms with Crippen LogP contribution in [-0.4, -0.2) is 46.2 Å². The minimum atomic E-state index is -0.459. The minimum absolute atomic E-state index is 0.0191. The third-order valence-corrected chi connectivity index (χ3v) is 13.4. The van der Waals surface area contributed by atoms with Gasteiger partial charge in [0.25, 0.3) is 0 Å². The standard InChI is InChI=1S/C32H52O5/c1-18(2)21-15-23(35)27-31(8)12-9-20-26(30(31,7)13-14-32(21,27)17-37-19(3)33)22(34)16-24-28(4,5)25(36)10-11-29(20,24)6/h9,18,21-27,34-36H,10-17H2,1-8H3/t21-,22-,23+,24-,25-,26-,27-,29+,30-,31+,32+/m0/s1. The highest BCUT2D eigenvalue weighted by atomic mass is 16.5. The number of carbonyl (C=O) groups excluding carboxylic acids is 1. The van der Waals surface area contributed by atoms with E-state index in [9.17, 15) is 20.1 Å². The number of allylic oxidation sites excluding steroid dienone is 1. The zero-order chi connectivity index (χ0) is 27.3. The summed E-state index contributed by atoms with van der Waals surface area (Å²) >= 11 is 0. The van der Waals surface area contributed by atoms with Crippen molar-refractivity contribution in [3.63, 3.8) is 0 Å². The molecule has 5 aliphatic carbocycles. The normalized spacial score (nSPS) is 52.4. The van der Waals surface area contributed by atoms with Gasteiger partial charge < -0.3 is 20.1 Å². The van der Waals surface area contributed by atoms with Crippen LogP contribution >= 0.6 is 0 Å². The van der Waals surface area contributed by atoms with Crippen molar-refractivity contribution in [2.75, 3.05) is 6.61 Å². The maximum Gasteiger partial charge on any atom is 0.302 e. The largest absolute Gasteiger partial charge is 0.465 e. The number of rotatable bonds is 3. The lowest BCUT2D eigenvalue weighted by Crippen LogP contribution is -2.66. The second-order valence-corrected chi connectivity index (χ2v) is 15.5. The molecule has 0 amide bonds. The van der Waals surface area contributed by atoms with E-state index in [1.54, 1.807) is 0 Å². The molecule has 5 heteroatoms. The predicted octanol–water partition coefficient (Wildman–Crippen LogP) is 5.51. The molecule has 5 rings (SSSR count). The number of hydrogen-bond donors (Lipinski definition) is 3. The summed E-state index contributed by atoms with van der Waals surface area (Å²) in [6.45, 7) is 17.9. The molecule has 0 aromatic rings. The van der Waals surface area contributed by atoms with E-state index in [1.165, 1.54) is 12.5 Å². The van der Waals surface area contributed by atoms with Gasteiger partial charge in [-0.2, -0.15) is 0 Å². The zero-order valence-electron chi connectivity index (χ0n) is 24.5. The third kappa shape index (κ3) is 3.48. The molecule has 4 saturated carbocycles. The van der Waals surface area contributed by atoms with Crippen molar-refractivity contribution < 1.29 is 24.9 Å². The van der Waals surface area contributed by atoms with Crippen LogP contribution in [0, 0.1) is 56.7 Å². The second-order valence-electron chi connectivity index (χ2n) is 15.5. The van der Waals surface area contributed by atoms with Crippen LogP contribution < -0.4 is 0 Å². The van der Waals surface area contributed by atoms with Crippen LogP contribution in [0.4, 0.5) is 0 Å². The number of ether oxygens (including phenoxy) is 1. The molecule has 4 fully saturated rings. The summed E-state index contributed by atoms with van der Waals surface area (Å²) in [6, 6.07) is 0. The number of esters is 1. The lowest BCUT2D eigenvalue weighted by Gasteiger charge is -2.70. The molecular weight excluding hydrogens is 464 g/mol. The lowest BCUT2D eigenvalue weighted by atomic mass is 9.35. The smallest absolute Gasteiger partial charge is 0.302 e. The molecule has 0 aliphatic heterocycles. The van der Waals surface area contributed by atoms with Crippen molar-refractivity contribution in [3.8, 4) is 0 Å². The molecular formula is C32H52O5. The summed E-state index contributed by atoms with van der Waals surface area (Å²) in [4.78, 5) is 12.0.